The van der Waals surface area contributed by atoms with E-state index in [0.717, 1.165) is 28.4 Å². The number of anilines is 2. The zero-order valence-corrected chi connectivity index (χ0v) is 20.5. The lowest BCUT2D eigenvalue weighted by atomic mass is 9.97. The highest BCUT2D eigenvalue weighted by molar-refractivity contribution is 7.98. The van der Waals surface area contributed by atoms with Crippen LogP contribution in [0.4, 0.5) is 11.5 Å². The predicted molar refractivity (Wildman–Crippen MR) is 137 cm³/mol. The molecule has 7 nitrogen and oxygen atoms in total. The van der Waals surface area contributed by atoms with Crippen molar-refractivity contribution in [3.8, 4) is 11.1 Å². The number of hydrogen-bond acceptors (Lipinski definition) is 6. The number of ether oxygens (including phenoxy) is 1. The summed E-state index contributed by atoms with van der Waals surface area (Å²) in [5.74, 6) is 0.779. The van der Waals surface area contributed by atoms with E-state index >= 15 is 0 Å². The zero-order chi connectivity index (χ0) is 22.9. The smallest absolute Gasteiger partial charge is 0.328 e. The van der Waals surface area contributed by atoms with Crippen molar-refractivity contribution < 1.29 is 14.3 Å². The van der Waals surface area contributed by atoms with Gasteiger partial charge in [-0.25, -0.2) is 9.78 Å². The van der Waals surface area contributed by atoms with Gasteiger partial charge in [-0.05, 0) is 54.7 Å². The maximum Gasteiger partial charge on any atom is 0.328 e. The normalized spacial score (nSPS) is 11.2. The van der Waals surface area contributed by atoms with E-state index in [1.807, 2.05) is 61.8 Å². The van der Waals surface area contributed by atoms with E-state index in [0.29, 0.717) is 18.5 Å². The molecular formula is C24H29ClN4O3S. The third-order valence-electron chi connectivity index (χ3n) is 5.12. The van der Waals surface area contributed by atoms with Gasteiger partial charge in [-0.15, -0.1) is 12.4 Å². The van der Waals surface area contributed by atoms with Crippen LogP contribution in [0.1, 0.15) is 23.7 Å². The molecule has 0 saturated heterocycles. The molecule has 2 N–H and O–H groups in total. The first-order valence-electron chi connectivity index (χ1n) is 10.4. The molecule has 0 bridgehead atoms. The van der Waals surface area contributed by atoms with Gasteiger partial charge >= 0.3 is 5.97 Å². The lowest BCUT2D eigenvalue weighted by Crippen LogP contribution is -2.42. The van der Waals surface area contributed by atoms with Crippen LogP contribution in [0.15, 0.2) is 61.1 Å². The number of nitrogens with zero attached hydrogens (tertiary/aromatic N) is 2. The number of amides is 1. The number of esters is 1. The molecule has 0 spiro atoms. The molecule has 1 aromatic heterocycles. The molecule has 3 aromatic rings. The van der Waals surface area contributed by atoms with Crippen molar-refractivity contribution in [3.05, 3.63) is 66.6 Å². The standard InChI is InChI=1S/C24H28N4O3S.ClH/c1-4-28(22-15-25-16-26-22)18-10-11-19(20(14-18)17-8-6-5-7-9-17)23(29)27-21(12-13-32-3)24(30)31-2;/h5-11,14-16,21H,4,12-13H2,1-3H3,(H,25,26)(H,27,29);1H/t21-;/m0./s1. The predicted octanol–water partition coefficient (Wildman–Crippen LogP) is 4.68. The van der Waals surface area contributed by atoms with Crippen LogP contribution in [0.2, 0.25) is 0 Å². The molecule has 3 rings (SSSR count). The molecule has 0 aliphatic heterocycles. The largest absolute Gasteiger partial charge is 0.467 e. The number of nitrogens with one attached hydrogen (secondary N) is 2. The quantitative estimate of drug-likeness (QED) is 0.403. The lowest BCUT2D eigenvalue weighted by molar-refractivity contribution is -0.142. The maximum absolute atomic E-state index is 13.3. The second kappa shape index (κ2) is 12.9. The second-order valence-corrected chi connectivity index (χ2v) is 8.08. The van der Waals surface area contributed by atoms with Gasteiger partial charge in [-0.1, -0.05) is 30.3 Å². The third-order valence-corrected chi connectivity index (χ3v) is 5.77. The first-order chi connectivity index (χ1) is 15.6. The zero-order valence-electron chi connectivity index (χ0n) is 18.9. The number of rotatable bonds is 10. The average molecular weight is 489 g/mol. The van der Waals surface area contributed by atoms with Crippen molar-refractivity contribution in [1.82, 2.24) is 15.3 Å². The first-order valence-corrected chi connectivity index (χ1v) is 11.8. The van der Waals surface area contributed by atoms with Gasteiger partial charge in [0.05, 0.1) is 13.4 Å². The summed E-state index contributed by atoms with van der Waals surface area (Å²) >= 11 is 1.61. The second-order valence-electron chi connectivity index (χ2n) is 7.10. The fourth-order valence-electron chi connectivity index (χ4n) is 3.49. The minimum atomic E-state index is -0.695. The van der Waals surface area contributed by atoms with Crippen LogP contribution < -0.4 is 10.2 Å². The number of H-pyrrole nitrogens is 1. The number of aromatic nitrogens is 2. The van der Waals surface area contributed by atoms with Gasteiger partial charge in [0.2, 0.25) is 0 Å². The molecule has 2 aromatic carbocycles. The van der Waals surface area contributed by atoms with Crippen LogP contribution in [0.25, 0.3) is 11.1 Å². The van der Waals surface area contributed by atoms with E-state index in [1.165, 1.54) is 7.11 Å². The van der Waals surface area contributed by atoms with Crippen LogP contribution in [0.3, 0.4) is 0 Å². The fourth-order valence-corrected chi connectivity index (χ4v) is 3.97. The number of imidazole rings is 1. The summed E-state index contributed by atoms with van der Waals surface area (Å²) in [7, 11) is 1.33. The molecular weight excluding hydrogens is 460 g/mol. The maximum atomic E-state index is 13.3. The van der Waals surface area contributed by atoms with E-state index in [2.05, 4.69) is 20.2 Å². The van der Waals surface area contributed by atoms with Gasteiger partial charge in [-0.2, -0.15) is 11.8 Å². The summed E-state index contributed by atoms with van der Waals surface area (Å²) in [4.78, 5) is 34.8. The molecule has 0 aliphatic rings. The molecule has 0 radical (unpaired) electrons. The highest BCUT2D eigenvalue weighted by atomic mass is 35.5. The molecule has 33 heavy (non-hydrogen) atoms. The highest BCUT2D eigenvalue weighted by Gasteiger charge is 2.24. The Labute approximate surface area is 204 Å². The Morgan fingerprint density at radius 2 is 1.97 bits per heavy atom. The van der Waals surface area contributed by atoms with Crippen molar-refractivity contribution >= 4 is 47.6 Å². The number of benzene rings is 2. The molecule has 176 valence electrons. The van der Waals surface area contributed by atoms with Gasteiger partial charge in [0, 0.05) is 24.0 Å². The number of carbonyl (C=O) groups excluding carboxylic acids is 2. The van der Waals surface area contributed by atoms with E-state index in [9.17, 15) is 9.59 Å². The summed E-state index contributed by atoms with van der Waals surface area (Å²) in [6.07, 6.45) is 5.93. The van der Waals surface area contributed by atoms with Crippen molar-refractivity contribution in [2.75, 3.05) is 30.6 Å². The Morgan fingerprint density at radius 1 is 1.21 bits per heavy atom. The summed E-state index contributed by atoms with van der Waals surface area (Å²) in [5.41, 5.74) is 3.11. The molecule has 0 fully saturated rings. The van der Waals surface area contributed by atoms with Gasteiger partial charge < -0.3 is 19.9 Å². The Balaban J connectivity index is 0.00000385. The first kappa shape index (κ1) is 26.3. The SMILES string of the molecule is CCN(c1ccc(C(=O)N[C@@H](CCSC)C(=O)OC)c(-c2ccccc2)c1)c1c[nH]cn1.Cl. The number of thioether (sulfide) groups is 1. The Hall–Kier alpha value is -2.97. The van der Waals surface area contributed by atoms with Crippen molar-refractivity contribution in [2.24, 2.45) is 0 Å². The molecule has 0 unspecified atom stereocenters. The fraction of sp³-hybridized carbons (Fsp3) is 0.292. The van der Waals surface area contributed by atoms with E-state index in [1.54, 1.807) is 24.2 Å². The Kier molecular flexibility index (Phi) is 10.3. The van der Waals surface area contributed by atoms with Crippen LogP contribution in [0.5, 0.6) is 0 Å². The van der Waals surface area contributed by atoms with Crippen LogP contribution in [0, 0.1) is 0 Å². The summed E-state index contributed by atoms with van der Waals surface area (Å²) in [6.45, 7) is 2.76. The van der Waals surface area contributed by atoms with Gasteiger partial charge in [0.25, 0.3) is 5.91 Å². The van der Waals surface area contributed by atoms with Crippen molar-refractivity contribution in [3.63, 3.8) is 0 Å². The minimum absolute atomic E-state index is 0. The monoisotopic (exact) mass is 488 g/mol. The number of halogens is 1. The van der Waals surface area contributed by atoms with Gasteiger partial charge in [0.1, 0.15) is 6.04 Å². The number of methoxy groups -OCH3 is 1. The Bertz CT molecular complexity index is 1030. The molecule has 0 saturated carbocycles. The summed E-state index contributed by atoms with van der Waals surface area (Å²) in [5, 5.41) is 2.86. The van der Waals surface area contributed by atoms with E-state index < -0.39 is 12.0 Å². The van der Waals surface area contributed by atoms with Gasteiger partial charge in [-0.3, -0.25) is 4.79 Å². The molecule has 1 heterocycles. The average Bonchev–Trinajstić information content (AvgIpc) is 3.36. The third kappa shape index (κ3) is 6.52. The summed E-state index contributed by atoms with van der Waals surface area (Å²) < 4.78 is 4.89. The minimum Gasteiger partial charge on any atom is -0.467 e. The number of hydrogen-bond donors (Lipinski definition) is 2. The topological polar surface area (TPSA) is 87.3 Å². The molecule has 1 amide bonds. The summed E-state index contributed by atoms with van der Waals surface area (Å²) in [6, 6.07) is 14.7. The molecule has 0 aliphatic carbocycles. The number of carbonyl (C=O) groups is 2. The molecule has 9 heteroatoms. The van der Waals surface area contributed by atoms with Crippen molar-refractivity contribution in [2.45, 2.75) is 19.4 Å². The van der Waals surface area contributed by atoms with Crippen LogP contribution >= 0.6 is 24.2 Å². The van der Waals surface area contributed by atoms with Crippen LogP contribution in [-0.2, 0) is 9.53 Å². The van der Waals surface area contributed by atoms with E-state index in [-0.39, 0.29) is 18.3 Å². The lowest BCUT2D eigenvalue weighted by Gasteiger charge is -2.23. The van der Waals surface area contributed by atoms with Gasteiger partial charge in [0.15, 0.2) is 5.82 Å². The van der Waals surface area contributed by atoms with Crippen molar-refractivity contribution in [1.29, 1.82) is 0 Å². The van der Waals surface area contributed by atoms with E-state index in [4.69, 9.17) is 4.74 Å². The molecule has 1 atom stereocenters. The van der Waals surface area contributed by atoms with Crippen LogP contribution in [-0.4, -0.2) is 53.5 Å². The number of aromatic amines is 1. The Morgan fingerprint density at radius 3 is 2.58 bits per heavy atom. The highest BCUT2D eigenvalue weighted by Crippen LogP contribution is 2.31.